The molecule has 92 valence electrons. The molecule has 0 heterocycles. The minimum Gasteiger partial charge on any atom is -0.211 e. The normalized spacial score (nSPS) is 31.2. The molecule has 0 fully saturated rings. The Kier molecular flexibility index (Phi) is 3.95. The van der Waals surface area contributed by atoms with E-state index >= 15 is 0 Å². The highest BCUT2D eigenvalue weighted by atomic mass is 35.7. The van der Waals surface area contributed by atoms with Gasteiger partial charge in [0.05, 0.1) is 0 Å². The predicted molar refractivity (Wildman–Crippen MR) is 65.0 cm³/mol. The van der Waals surface area contributed by atoms with Gasteiger partial charge in [-0.1, -0.05) is 23.2 Å². The smallest absolute Gasteiger partial charge is 0.211 e. The van der Waals surface area contributed by atoms with Crippen LogP contribution in [0.5, 0.6) is 0 Å². The van der Waals surface area contributed by atoms with Crippen molar-refractivity contribution in [1.29, 1.82) is 0 Å². The summed E-state index contributed by atoms with van der Waals surface area (Å²) in [6.07, 6.45) is 2.92. The highest BCUT2D eigenvalue weighted by molar-refractivity contribution is 8.18. The van der Waals surface area contributed by atoms with Crippen molar-refractivity contribution in [3.05, 3.63) is 23.3 Å². The molecular formula is C6H4Cl4O4S2. The molecule has 0 radical (unpaired) electrons. The fraction of sp³-hybridized carbons (Fsp3) is 0.333. The van der Waals surface area contributed by atoms with Crippen LogP contribution in [0.4, 0.5) is 0 Å². The summed E-state index contributed by atoms with van der Waals surface area (Å²) in [5, 5.41) is -1.74. The molecule has 0 aromatic rings. The minimum absolute atomic E-state index is 0.00539. The van der Waals surface area contributed by atoms with Crippen LogP contribution in [0.25, 0.3) is 0 Å². The van der Waals surface area contributed by atoms with E-state index in [1.54, 1.807) is 0 Å². The Hall–Kier alpha value is 0.540. The molecule has 4 nitrogen and oxygen atoms in total. The van der Waals surface area contributed by atoms with Crippen LogP contribution in [-0.2, 0) is 18.1 Å². The zero-order valence-corrected chi connectivity index (χ0v) is 11.9. The first-order valence-electron chi connectivity index (χ1n) is 3.61. The fourth-order valence-electron chi connectivity index (χ4n) is 1.10. The van der Waals surface area contributed by atoms with E-state index in [0.717, 1.165) is 18.2 Å². The Morgan fingerprint density at radius 3 is 2.06 bits per heavy atom. The van der Waals surface area contributed by atoms with Gasteiger partial charge in [0.15, 0.2) is 4.21 Å². The summed E-state index contributed by atoms with van der Waals surface area (Å²) in [6, 6.07) is 0. The monoisotopic (exact) mass is 344 g/mol. The van der Waals surface area contributed by atoms with Crippen molar-refractivity contribution in [2.75, 3.05) is 0 Å². The molecule has 0 bridgehead atoms. The number of allylic oxidation sites excluding steroid dienone is 2. The molecule has 1 rings (SSSR count). The molecule has 0 N–H and O–H groups in total. The van der Waals surface area contributed by atoms with E-state index in [0.29, 0.717) is 0 Å². The first kappa shape index (κ1) is 14.6. The summed E-state index contributed by atoms with van der Waals surface area (Å²) < 4.78 is 42.6. The van der Waals surface area contributed by atoms with E-state index in [1.165, 1.54) is 0 Å². The van der Waals surface area contributed by atoms with Gasteiger partial charge < -0.3 is 0 Å². The molecular weight excluding hydrogens is 342 g/mol. The molecule has 0 aliphatic heterocycles. The summed E-state index contributed by atoms with van der Waals surface area (Å²) in [5.74, 6) is 0. The van der Waals surface area contributed by atoms with Gasteiger partial charge >= 0.3 is 0 Å². The van der Waals surface area contributed by atoms with Crippen molar-refractivity contribution >= 4 is 62.7 Å². The molecule has 2 unspecified atom stereocenters. The lowest BCUT2D eigenvalue weighted by molar-refractivity contribution is 0.581. The number of rotatable bonds is 2. The third-order valence-corrected chi connectivity index (χ3v) is 7.18. The van der Waals surface area contributed by atoms with E-state index in [1.807, 2.05) is 0 Å². The number of halogens is 4. The van der Waals surface area contributed by atoms with Crippen LogP contribution in [0.1, 0.15) is 0 Å². The topological polar surface area (TPSA) is 68.3 Å². The van der Waals surface area contributed by atoms with E-state index in [4.69, 9.17) is 44.6 Å². The highest BCUT2D eigenvalue weighted by Gasteiger charge is 2.52. The molecule has 1 aliphatic carbocycles. The summed E-state index contributed by atoms with van der Waals surface area (Å²) in [4.78, 5) is 0. The second-order valence-electron chi connectivity index (χ2n) is 2.92. The zero-order valence-electron chi connectivity index (χ0n) is 7.27. The maximum Gasteiger partial charge on any atom is 0.257 e. The molecule has 10 heteroatoms. The molecule has 2 atom stereocenters. The van der Waals surface area contributed by atoms with Gasteiger partial charge in [-0.2, -0.15) is 0 Å². The van der Waals surface area contributed by atoms with Crippen LogP contribution in [0, 0.1) is 0 Å². The van der Waals surface area contributed by atoms with Crippen molar-refractivity contribution in [3.63, 3.8) is 0 Å². The average molecular weight is 346 g/mol. The van der Waals surface area contributed by atoms with Gasteiger partial charge in [0, 0.05) is 26.4 Å². The Bertz CT molecular complexity index is 561. The Labute approximate surface area is 112 Å². The molecule has 0 aromatic heterocycles. The first-order chi connectivity index (χ1) is 6.98. The summed E-state index contributed by atoms with van der Waals surface area (Å²) >= 11 is 11.2. The Morgan fingerprint density at radius 1 is 1.19 bits per heavy atom. The summed E-state index contributed by atoms with van der Waals surface area (Å²) in [5.41, 5.74) is 0. The van der Waals surface area contributed by atoms with Gasteiger partial charge in [0.2, 0.25) is 9.05 Å². The summed E-state index contributed by atoms with van der Waals surface area (Å²) in [6.45, 7) is 0. The van der Waals surface area contributed by atoms with Crippen LogP contribution in [0.15, 0.2) is 23.3 Å². The highest BCUT2D eigenvalue weighted by Crippen LogP contribution is 2.41. The molecule has 0 saturated carbocycles. The van der Waals surface area contributed by atoms with Gasteiger partial charge in [0.25, 0.3) is 9.05 Å². The Morgan fingerprint density at radius 2 is 1.69 bits per heavy atom. The Balaban J connectivity index is 3.49. The van der Waals surface area contributed by atoms with Crippen molar-refractivity contribution in [2.24, 2.45) is 0 Å². The summed E-state index contributed by atoms with van der Waals surface area (Å²) in [7, 11) is 1.51. The first-order valence-corrected chi connectivity index (χ1v) is 9.05. The zero-order chi connectivity index (χ0) is 12.8. The van der Waals surface area contributed by atoms with Gasteiger partial charge in [-0.25, -0.2) is 16.8 Å². The third kappa shape index (κ3) is 2.68. The lowest BCUT2D eigenvalue weighted by Crippen LogP contribution is -2.43. The molecule has 0 amide bonds. The van der Waals surface area contributed by atoms with Crippen LogP contribution < -0.4 is 0 Å². The van der Waals surface area contributed by atoms with Gasteiger partial charge in [-0.05, 0) is 18.2 Å². The standard InChI is InChI=1S/C6H4Cl4O4S2/c7-4-1-2-6(8,16(10,13)14)5(3-4)15(9,11)12/h1-3,5H. The number of alkyl halides is 1. The lowest BCUT2D eigenvalue weighted by Gasteiger charge is -2.27. The number of hydrogen-bond acceptors (Lipinski definition) is 4. The quantitative estimate of drug-likeness (QED) is 0.567. The second kappa shape index (κ2) is 4.33. The van der Waals surface area contributed by atoms with E-state index in [-0.39, 0.29) is 5.03 Å². The van der Waals surface area contributed by atoms with Crippen LogP contribution >= 0.6 is 44.6 Å². The molecule has 1 aliphatic rings. The second-order valence-corrected chi connectivity index (χ2v) is 9.72. The lowest BCUT2D eigenvalue weighted by atomic mass is 10.2. The van der Waals surface area contributed by atoms with Crippen molar-refractivity contribution in [3.8, 4) is 0 Å². The SMILES string of the molecule is O=S(=O)(Cl)C1C=C(Cl)C=CC1(Cl)S(=O)(=O)Cl. The van der Waals surface area contributed by atoms with Crippen LogP contribution in [0.2, 0.25) is 0 Å². The maximum atomic E-state index is 11.3. The van der Waals surface area contributed by atoms with E-state index in [2.05, 4.69) is 0 Å². The molecule has 0 spiro atoms. The van der Waals surface area contributed by atoms with Crippen LogP contribution in [0.3, 0.4) is 0 Å². The van der Waals surface area contributed by atoms with Crippen molar-refractivity contribution in [2.45, 2.75) is 9.46 Å². The molecule has 0 aromatic carbocycles. The van der Waals surface area contributed by atoms with Crippen molar-refractivity contribution in [1.82, 2.24) is 0 Å². The van der Waals surface area contributed by atoms with Gasteiger partial charge in [-0.3, -0.25) is 0 Å². The largest absolute Gasteiger partial charge is 0.257 e. The van der Waals surface area contributed by atoms with Crippen LogP contribution in [-0.4, -0.2) is 26.3 Å². The minimum atomic E-state index is -4.40. The molecule has 0 saturated heterocycles. The number of hydrogen-bond donors (Lipinski definition) is 0. The van der Waals surface area contributed by atoms with E-state index in [9.17, 15) is 16.8 Å². The van der Waals surface area contributed by atoms with Gasteiger partial charge in [-0.15, -0.1) is 0 Å². The van der Waals surface area contributed by atoms with E-state index < -0.39 is 27.6 Å². The predicted octanol–water partition coefficient (Wildman–Crippen LogP) is 2.12. The van der Waals surface area contributed by atoms with Crippen molar-refractivity contribution < 1.29 is 16.8 Å². The van der Waals surface area contributed by atoms with Gasteiger partial charge in [0.1, 0.15) is 5.25 Å². The maximum absolute atomic E-state index is 11.3. The third-order valence-electron chi connectivity index (χ3n) is 1.85. The average Bonchev–Trinajstić information content (AvgIpc) is 2.05. The molecule has 16 heavy (non-hydrogen) atoms. The fourth-order valence-corrected chi connectivity index (χ4v) is 5.42.